The quantitative estimate of drug-likeness (QED) is 0.918. The van der Waals surface area contributed by atoms with Crippen molar-refractivity contribution >= 4 is 5.91 Å². The summed E-state index contributed by atoms with van der Waals surface area (Å²) in [7, 11) is 0. The van der Waals surface area contributed by atoms with Crippen LogP contribution in [0, 0.1) is 23.5 Å². The third-order valence-electron chi connectivity index (χ3n) is 5.22. The Bertz CT molecular complexity index is 588. The minimum atomic E-state index is -0.690. The van der Waals surface area contributed by atoms with E-state index in [1.54, 1.807) is 0 Å². The van der Waals surface area contributed by atoms with Gasteiger partial charge in [-0.05, 0) is 37.4 Å². The summed E-state index contributed by atoms with van der Waals surface area (Å²) in [4.78, 5) is 14.5. The second kappa shape index (κ2) is 7.47. The summed E-state index contributed by atoms with van der Waals surface area (Å²) in [5.74, 6) is -0.673. The van der Waals surface area contributed by atoms with Crippen LogP contribution in [0.15, 0.2) is 18.2 Å². The number of ether oxygens (including phenoxy) is 1. The Balaban J connectivity index is 1.53. The highest BCUT2D eigenvalue weighted by atomic mass is 19.1. The maximum atomic E-state index is 13.7. The molecule has 2 aliphatic rings. The Labute approximate surface area is 141 Å². The first-order valence-electron chi connectivity index (χ1n) is 8.69. The number of rotatable bonds is 4. The topological polar surface area (TPSA) is 55.6 Å². The molecule has 2 N–H and O–H groups in total. The fraction of sp³-hybridized carbons (Fsp3) is 0.611. The van der Waals surface area contributed by atoms with Gasteiger partial charge in [-0.1, -0.05) is 6.42 Å². The molecule has 1 aromatic carbocycles. The fourth-order valence-electron chi connectivity index (χ4n) is 3.82. The van der Waals surface area contributed by atoms with E-state index >= 15 is 0 Å². The molecule has 132 valence electrons. The van der Waals surface area contributed by atoms with Crippen molar-refractivity contribution in [2.75, 3.05) is 19.6 Å². The van der Waals surface area contributed by atoms with E-state index < -0.39 is 11.6 Å². The zero-order valence-corrected chi connectivity index (χ0v) is 13.7. The van der Waals surface area contributed by atoms with E-state index in [4.69, 9.17) is 10.5 Å². The summed E-state index contributed by atoms with van der Waals surface area (Å²) in [6.45, 7) is 1.79. The van der Waals surface area contributed by atoms with Gasteiger partial charge in [0.15, 0.2) is 11.6 Å². The van der Waals surface area contributed by atoms with Crippen molar-refractivity contribution in [1.82, 2.24) is 4.90 Å². The van der Waals surface area contributed by atoms with Gasteiger partial charge >= 0.3 is 0 Å². The van der Waals surface area contributed by atoms with Crippen LogP contribution in [0.5, 0.6) is 5.75 Å². The number of likely N-dealkylation sites (tertiary alicyclic amines) is 1. The lowest BCUT2D eigenvalue weighted by atomic mass is 9.93. The summed E-state index contributed by atoms with van der Waals surface area (Å²) in [5, 5.41) is 0. The lowest BCUT2D eigenvalue weighted by molar-refractivity contribution is -0.138. The highest BCUT2D eigenvalue weighted by Gasteiger charge is 2.36. The third-order valence-corrected chi connectivity index (χ3v) is 5.22. The molecule has 6 heteroatoms. The summed E-state index contributed by atoms with van der Waals surface area (Å²) in [5.41, 5.74) is 5.77. The van der Waals surface area contributed by atoms with Gasteiger partial charge in [0.1, 0.15) is 11.9 Å². The second-order valence-corrected chi connectivity index (χ2v) is 6.75. The number of carbonyl (C=O) groups is 1. The molecule has 24 heavy (non-hydrogen) atoms. The van der Waals surface area contributed by atoms with Crippen LogP contribution >= 0.6 is 0 Å². The van der Waals surface area contributed by atoms with Crippen LogP contribution in [-0.4, -0.2) is 36.5 Å². The smallest absolute Gasteiger partial charge is 0.226 e. The van der Waals surface area contributed by atoms with E-state index in [0.29, 0.717) is 38.4 Å². The predicted molar refractivity (Wildman–Crippen MR) is 86.5 cm³/mol. The molecule has 1 saturated carbocycles. The van der Waals surface area contributed by atoms with Crippen LogP contribution in [0.3, 0.4) is 0 Å². The molecule has 0 unspecified atom stereocenters. The van der Waals surface area contributed by atoms with Crippen molar-refractivity contribution in [2.24, 2.45) is 17.6 Å². The molecule has 1 aliphatic heterocycles. The molecule has 0 aromatic heterocycles. The Kier molecular flexibility index (Phi) is 5.33. The Morgan fingerprint density at radius 1 is 1.21 bits per heavy atom. The van der Waals surface area contributed by atoms with Gasteiger partial charge in [-0.3, -0.25) is 4.79 Å². The number of amides is 1. The molecule has 2 fully saturated rings. The monoisotopic (exact) mass is 338 g/mol. The van der Waals surface area contributed by atoms with E-state index in [-0.39, 0.29) is 23.7 Å². The second-order valence-electron chi connectivity index (χ2n) is 6.75. The first-order valence-corrected chi connectivity index (χ1v) is 8.69. The van der Waals surface area contributed by atoms with E-state index in [9.17, 15) is 13.6 Å². The van der Waals surface area contributed by atoms with Crippen molar-refractivity contribution in [3.63, 3.8) is 0 Å². The van der Waals surface area contributed by atoms with Crippen LogP contribution in [0.1, 0.15) is 32.1 Å². The molecule has 2 atom stereocenters. The van der Waals surface area contributed by atoms with Gasteiger partial charge in [-0.25, -0.2) is 8.78 Å². The fourth-order valence-corrected chi connectivity index (χ4v) is 3.82. The van der Waals surface area contributed by atoms with Crippen molar-refractivity contribution in [3.8, 4) is 5.75 Å². The summed E-state index contributed by atoms with van der Waals surface area (Å²) >= 11 is 0. The van der Waals surface area contributed by atoms with Crippen LogP contribution in [0.4, 0.5) is 8.78 Å². The molecule has 0 radical (unpaired) electrons. The largest absolute Gasteiger partial charge is 0.487 e. The Morgan fingerprint density at radius 3 is 2.62 bits per heavy atom. The molecular formula is C18H24F2N2O2. The number of carbonyl (C=O) groups excluding carboxylic acids is 1. The molecule has 0 bridgehead atoms. The first kappa shape index (κ1) is 17.1. The normalized spacial score (nSPS) is 25.0. The average Bonchev–Trinajstić information content (AvgIpc) is 3.06. The van der Waals surface area contributed by atoms with Crippen LogP contribution in [0.2, 0.25) is 0 Å². The lowest BCUT2D eigenvalue weighted by Gasteiger charge is -2.34. The highest BCUT2D eigenvalue weighted by molar-refractivity contribution is 5.79. The number of benzene rings is 1. The highest BCUT2D eigenvalue weighted by Crippen LogP contribution is 2.33. The van der Waals surface area contributed by atoms with Gasteiger partial charge < -0.3 is 15.4 Å². The van der Waals surface area contributed by atoms with Crippen LogP contribution < -0.4 is 10.5 Å². The number of nitrogens with zero attached hydrogens (tertiary/aromatic N) is 1. The first-order chi connectivity index (χ1) is 11.6. The van der Waals surface area contributed by atoms with Gasteiger partial charge in [0.25, 0.3) is 0 Å². The van der Waals surface area contributed by atoms with E-state index in [2.05, 4.69) is 0 Å². The van der Waals surface area contributed by atoms with Gasteiger partial charge in [-0.2, -0.15) is 0 Å². The van der Waals surface area contributed by atoms with Gasteiger partial charge in [0.2, 0.25) is 5.91 Å². The molecule has 0 spiro atoms. The summed E-state index contributed by atoms with van der Waals surface area (Å²) < 4.78 is 32.2. The maximum absolute atomic E-state index is 13.7. The minimum absolute atomic E-state index is 0.0574. The van der Waals surface area contributed by atoms with Gasteiger partial charge in [0, 0.05) is 37.9 Å². The predicted octanol–water partition coefficient (Wildman–Crippen LogP) is 2.71. The number of hydrogen-bond donors (Lipinski definition) is 1. The Morgan fingerprint density at radius 2 is 1.96 bits per heavy atom. The number of nitrogens with two attached hydrogens (primary N) is 1. The van der Waals surface area contributed by atoms with Crippen LogP contribution in [-0.2, 0) is 4.79 Å². The molecule has 1 amide bonds. The zero-order chi connectivity index (χ0) is 17.1. The lowest BCUT2D eigenvalue weighted by Crippen LogP contribution is -2.45. The summed E-state index contributed by atoms with van der Waals surface area (Å²) in [6, 6.07) is 3.32. The van der Waals surface area contributed by atoms with Crippen LogP contribution in [0.25, 0.3) is 0 Å². The number of piperidine rings is 1. The molecule has 3 rings (SSSR count). The third kappa shape index (κ3) is 3.69. The minimum Gasteiger partial charge on any atom is -0.487 e. The van der Waals surface area contributed by atoms with E-state index in [1.807, 2.05) is 4.90 Å². The number of halogens is 2. The van der Waals surface area contributed by atoms with Gasteiger partial charge in [-0.15, -0.1) is 0 Å². The molecule has 1 aliphatic carbocycles. The Hall–Kier alpha value is -1.69. The van der Waals surface area contributed by atoms with Crippen molar-refractivity contribution in [2.45, 2.75) is 38.2 Å². The summed E-state index contributed by atoms with van der Waals surface area (Å²) in [6.07, 6.45) is 4.20. The SMILES string of the molecule is NC[C@H]1CCC[C@H]1C(=O)N1CCC(Oc2ccc(F)cc2F)CC1. The van der Waals surface area contributed by atoms with Gasteiger partial charge in [0.05, 0.1) is 0 Å². The van der Waals surface area contributed by atoms with Crippen molar-refractivity contribution < 1.29 is 18.3 Å². The average molecular weight is 338 g/mol. The molecule has 1 heterocycles. The maximum Gasteiger partial charge on any atom is 0.226 e. The van der Waals surface area contributed by atoms with Crippen molar-refractivity contribution in [3.05, 3.63) is 29.8 Å². The molecule has 1 aromatic rings. The standard InChI is InChI=1S/C18H24F2N2O2/c19-13-4-5-17(16(20)10-13)24-14-6-8-22(9-7-14)18(23)15-3-1-2-12(15)11-21/h4-5,10,12,14-15H,1-3,6-9,11,21H2/t12-,15-/m1/s1. The van der Waals surface area contributed by atoms with E-state index in [0.717, 1.165) is 25.3 Å². The molecule has 4 nitrogen and oxygen atoms in total. The molecule has 1 saturated heterocycles. The molecular weight excluding hydrogens is 314 g/mol. The zero-order valence-electron chi connectivity index (χ0n) is 13.7. The number of hydrogen-bond acceptors (Lipinski definition) is 3. The van der Waals surface area contributed by atoms with E-state index in [1.165, 1.54) is 12.1 Å². The van der Waals surface area contributed by atoms with Crippen molar-refractivity contribution in [1.29, 1.82) is 0 Å².